The Morgan fingerprint density at radius 1 is 1.42 bits per heavy atom. The Labute approximate surface area is 78.0 Å². The highest BCUT2D eigenvalue weighted by molar-refractivity contribution is 4.85. The molecule has 0 heterocycles. The maximum Gasteiger partial charge on any atom is 0.0157 e. The Kier molecular flexibility index (Phi) is 8.73. The van der Waals surface area contributed by atoms with E-state index >= 15 is 0 Å². The number of rotatable bonds is 3. The number of hydrogen-bond donors (Lipinski definition) is 1. The lowest BCUT2D eigenvalue weighted by Gasteiger charge is -2.19. The largest absolute Gasteiger partial charge is 0.325 e. The van der Waals surface area contributed by atoms with Crippen molar-refractivity contribution >= 4 is 0 Å². The van der Waals surface area contributed by atoms with Crippen molar-refractivity contribution in [2.24, 2.45) is 11.7 Å². The van der Waals surface area contributed by atoms with Crippen LogP contribution in [0.2, 0.25) is 0 Å². The molecule has 0 aliphatic rings. The third kappa shape index (κ3) is 16.4. The van der Waals surface area contributed by atoms with Crippen molar-refractivity contribution < 1.29 is 0 Å². The third-order valence-electron chi connectivity index (χ3n) is 1.42. The van der Waals surface area contributed by atoms with E-state index in [2.05, 4.69) is 34.3 Å². The van der Waals surface area contributed by atoms with Gasteiger partial charge in [-0.15, -0.1) is 6.58 Å². The van der Waals surface area contributed by atoms with Gasteiger partial charge in [0.05, 0.1) is 0 Å². The van der Waals surface area contributed by atoms with Crippen LogP contribution in [-0.4, -0.2) is 5.54 Å². The minimum atomic E-state index is -0.0260. The molecule has 0 spiro atoms. The second-order valence-corrected chi connectivity index (χ2v) is 4.23. The Hall–Kier alpha value is -0.300. The zero-order valence-electron chi connectivity index (χ0n) is 9.35. The molecule has 0 fully saturated rings. The minimum Gasteiger partial charge on any atom is -0.325 e. The van der Waals surface area contributed by atoms with Crippen LogP contribution in [-0.2, 0) is 0 Å². The molecule has 0 amide bonds. The molecule has 0 radical (unpaired) electrons. The molecule has 1 nitrogen and oxygen atoms in total. The molecule has 12 heavy (non-hydrogen) atoms. The Morgan fingerprint density at radius 2 is 1.75 bits per heavy atom. The van der Waals surface area contributed by atoms with Crippen LogP contribution in [0, 0.1) is 5.92 Å². The first-order valence-corrected chi connectivity index (χ1v) is 4.75. The molecule has 0 aromatic heterocycles. The quantitative estimate of drug-likeness (QED) is 0.647. The van der Waals surface area contributed by atoms with Crippen LogP contribution in [0.4, 0.5) is 0 Å². The van der Waals surface area contributed by atoms with Gasteiger partial charge in [-0.2, -0.15) is 0 Å². The SMILES string of the molecule is C=CCC(C)(N)CC.CC(C)C. The van der Waals surface area contributed by atoms with Gasteiger partial charge in [0.1, 0.15) is 0 Å². The van der Waals surface area contributed by atoms with Crippen molar-refractivity contribution in [1.29, 1.82) is 0 Å². The van der Waals surface area contributed by atoms with E-state index in [0.29, 0.717) is 0 Å². The monoisotopic (exact) mass is 171 g/mol. The van der Waals surface area contributed by atoms with Crippen molar-refractivity contribution in [1.82, 2.24) is 0 Å². The lowest BCUT2D eigenvalue weighted by atomic mass is 9.96. The third-order valence-corrected chi connectivity index (χ3v) is 1.42. The highest BCUT2D eigenvalue weighted by Gasteiger charge is 2.11. The average molecular weight is 171 g/mol. The molecule has 0 aliphatic heterocycles. The highest BCUT2D eigenvalue weighted by Crippen LogP contribution is 2.09. The fraction of sp³-hybridized carbons (Fsp3) is 0.818. The molecular formula is C11H25N. The van der Waals surface area contributed by atoms with Crippen molar-refractivity contribution in [3.8, 4) is 0 Å². The standard InChI is InChI=1S/C7H15N.C4H10/c1-4-6-7(3,8)5-2;1-4(2)3/h4H,1,5-6,8H2,2-3H3;4H,1-3H3. The van der Waals surface area contributed by atoms with Crippen LogP contribution < -0.4 is 5.73 Å². The van der Waals surface area contributed by atoms with E-state index in [0.717, 1.165) is 18.8 Å². The van der Waals surface area contributed by atoms with E-state index in [1.54, 1.807) is 0 Å². The van der Waals surface area contributed by atoms with Gasteiger partial charge < -0.3 is 5.73 Å². The maximum atomic E-state index is 5.76. The summed E-state index contributed by atoms with van der Waals surface area (Å²) >= 11 is 0. The topological polar surface area (TPSA) is 26.0 Å². The lowest BCUT2D eigenvalue weighted by Crippen LogP contribution is -2.34. The maximum absolute atomic E-state index is 5.76. The fourth-order valence-electron chi connectivity index (χ4n) is 0.474. The van der Waals surface area contributed by atoms with E-state index in [4.69, 9.17) is 5.73 Å². The molecule has 0 rings (SSSR count). The zero-order valence-corrected chi connectivity index (χ0v) is 9.35. The van der Waals surface area contributed by atoms with Gasteiger partial charge in [0.15, 0.2) is 0 Å². The molecule has 1 heteroatoms. The smallest absolute Gasteiger partial charge is 0.0157 e. The number of hydrogen-bond acceptors (Lipinski definition) is 1. The van der Waals surface area contributed by atoms with Crippen LogP contribution in [0.25, 0.3) is 0 Å². The molecule has 74 valence electrons. The highest BCUT2D eigenvalue weighted by atomic mass is 14.7. The van der Waals surface area contributed by atoms with Gasteiger partial charge >= 0.3 is 0 Å². The summed E-state index contributed by atoms with van der Waals surface area (Å²) in [6.07, 6.45) is 3.78. The first-order chi connectivity index (χ1) is 5.35. The van der Waals surface area contributed by atoms with Crippen molar-refractivity contribution in [3.05, 3.63) is 12.7 Å². The van der Waals surface area contributed by atoms with Gasteiger partial charge in [0.2, 0.25) is 0 Å². The summed E-state index contributed by atoms with van der Waals surface area (Å²) in [7, 11) is 0. The predicted molar refractivity (Wildman–Crippen MR) is 58.2 cm³/mol. The normalized spacial score (nSPS) is 14.6. The zero-order chi connectivity index (χ0) is 10.2. The molecule has 0 bridgehead atoms. The molecule has 1 unspecified atom stereocenters. The van der Waals surface area contributed by atoms with E-state index in [1.165, 1.54) is 0 Å². The number of nitrogens with two attached hydrogens (primary N) is 1. The van der Waals surface area contributed by atoms with Crippen LogP contribution in [0.15, 0.2) is 12.7 Å². The molecule has 0 aromatic carbocycles. The summed E-state index contributed by atoms with van der Waals surface area (Å²) in [5.41, 5.74) is 5.73. The Bertz CT molecular complexity index is 101. The average Bonchev–Trinajstić information content (AvgIpc) is 1.86. The van der Waals surface area contributed by atoms with Gasteiger partial charge in [-0.3, -0.25) is 0 Å². The summed E-state index contributed by atoms with van der Waals surface area (Å²) < 4.78 is 0. The predicted octanol–water partition coefficient (Wildman–Crippen LogP) is 3.35. The fourth-order valence-corrected chi connectivity index (χ4v) is 0.474. The molecule has 0 aromatic rings. The van der Waals surface area contributed by atoms with Gasteiger partial charge in [0.25, 0.3) is 0 Å². The van der Waals surface area contributed by atoms with Crippen molar-refractivity contribution in [2.75, 3.05) is 0 Å². The van der Waals surface area contributed by atoms with Crippen molar-refractivity contribution in [3.63, 3.8) is 0 Å². The van der Waals surface area contributed by atoms with Crippen molar-refractivity contribution in [2.45, 2.75) is 53.0 Å². The first kappa shape index (κ1) is 14.2. The summed E-state index contributed by atoms with van der Waals surface area (Å²) in [5, 5.41) is 0. The van der Waals surface area contributed by atoms with Gasteiger partial charge in [0, 0.05) is 5.54 Å². The van der Waals surface area contributed by atoms with Crippen LogP contribution >= 0.6 is 0 Å². The van der Waals surface area contributed by atoms with E-state index < -0.39 is 0 Å². The van der Waals surface area contributed by atoms with Crippen LogP contribution in [0.3, 0.4) is 0 Å². The first-order valence-electron chi connectivity index (χ1n) is 4.75. The van der Waals surface area contributed by atoms with Gasteiger partial charge in [-0.05, 0) is 25.7 Å². The summed E-state index contributed by atoms with van der Waals surface area (Å²) in [5.74, 6) is 0.833. The second kappa shape index (κ2) is 7.35. The van der Waals surface area contributed by atoms with E-state index in [9.17, 15) is 0 Å². The Morgan fingerprint density at radius 3 is 1.83 bits per heavy atom. The van der Waals surface area contributed by atoms with Crippen LogP contribution in [0.1, 0.15) is 47.5 Å². The summed E-state index contributed by atoms with van der Waals surface area (Å²) in [6, 6.07) is 0. The molecular weight excluding hydrogens is 146 g/mol. The Balaban J connectivity index is 0. The molecule has 2 N–H and O–H groups in total. The lowest BCUT2D eigenvalue weighted by molar-refractivity contribution is 0.459. The molecule has 0 aliphatic carbocycles. The molecule has 1 atom stereocenters. The summed E-state index contributed by atoms with van der Waals surface area (Å²) in [6.45, 7) is 14.2. The molecule has 0 saturated carbocycles. The van der Waals surface area contributed by atoms with E-state index in [-0.39, 0.29) is 5.54 Å². The minimum absolute atomic E-state index is 0.0260. The molecule has 0 saturated heterocycles. The van der Waals surface area contributed by atoms with Gasteiger partial charge in [-0.1, -0.05) is 33.8 Å². The summed E-state index contributed by atoms with van der Waals surface area (Å²) in [4.78, 5) is 0. The van der Waals surface area contributed by atoms with E-state index in [1.807, 2.05) is 13.0 Å². The van der Waals surface area contributed by atoms with Gasteiger partial charge in [-0.25, -0.2) is 0 Å². The second-order valence-electron chi connectivity index (χ2n) is 4.23. The van der Waals surface area contributed by atoms with Crippen LogP contribution in [0.5, 0.6) is 0 Å².